The zero-order valence-electron chi connectivity index (χ0n) is 11.7. The molecule has 116 valence electrons. The van der Waals surface area contributed by atoms with Gasteiger partial charge in [0.15, 0.2) is 0 Å². The number of nitrogens with one attached hydrogen (secondary N) is 2. The van der Waals surface area contributed by atoms with Crippen LogP contribution in [0.1, 0.15) is 36.1 Å². The summed E-state index contributed by atoms with van der Waals surface area (Å²) in [4.78, 5) is 17.3. The Morgan fingerprint density at radius 3 is 2.95 bits per heavy atom. The highest BCUT2D eigenvalue weighted by molar-refractivity contribution is 7.11. The van der Waals surface area contributed by atoms with E-state index in [-0.39, 0.29) is 30.7 Å². The fourth-order valence-corrected chi connectivity index (χ4v) is 3.02. The fourth-order valence-electron chi connectivity index (χ4n) is 2.16. The van der Waals surface area contributed by atoms with Crippen molar-refractivity contribution in [2.24, 2.45) is 0 Å². The Balaban J connectivity index is 0.00000180. The lowest BCUT2D eigenvalue weighted by molar-refractivity contribution is -0.121. The molecule has 0 spiro atoms. The average molecular weight is 340 g/mol. The molecule has 1 amide bonds. The van der Waals surface area contributed by atoms with Crippen molar-refractivity contribution in [2.75, 3.05) is 13.1 Å². The number of nitrogens with zero attached hydrogens (tertiary/aromatic N) is 1. The molecule has 1 aromatic rings. The third kappa shape index (κ3) is 6.39. The summed E-state index contributed by atoms with van der Waals surface area (Å²) in [6.07, 6.45) is 6.74. The van der Waals surface area contributed by atoms with Gasteiger partial charge in [-0.1, -0.05) is 6.92 Å². The van der Waals surface area contributed by atoms with E-state index in [0.29, 0.717) is 19.0 Å². The van der Waals surface area contributed by atoms with Crippen LogP contribution in [-0.2, 0) is 17.6 Å². The van der Waals surface area contributed by atoms with E-state index in [1.807, 2.05) is 6.20 Å². The Hall–Kier alpha value is -0.360. The summed E-state index contributed by atoms with van der Waals surface area (Å²) >= 11 is 1.74. The molecule has 7 heteroatoms. The molecule has 2 N–H and O–H groups in total. The summed E-state index contributed by atoms with van der Waals surface area (Å²) in [5.74, 6) is 0.154. The molecule has 1 saturated heterocycles. The Labute approximate surface area is 137 Å². The molecule has 0 saturated carbocycles. The number of thiazole rings is 1. The predicted molar refractivity (Wildman–Crippen MR) is 88.3 cm³/mol. The second-order valence-corrected chi connectivity index (χ2v) is 5.87. The summed E-state index contributed by atoms with van der Waals surface area (Å²) < 4.78 is 0. The molecule has 1 aliphatic heterocycles. The quantitative estimate of drug-likeness (QED) is 0.836. The molecule has 0 aromatic carbocycles. The van der Waals surface area contributed by atoms with Crippen molar-refractivity contribution in [3.63, 3.8) is 0 Å². The molecule has 2 rings (SSSR count). The average Bonchev–Trinajstić information content (AvgIpc) is 3.00. The maximum absolute atomic E-state index is 11.7. The molecule has 4 nitrogen and oxygen atoms in total. The molecule has 20 heavy (non-hydrogen) atoms. The number of hydrogen-bond donors (Lipinski definition) is 2. The first-order chi connectivity index (χ1) is 8.78. The predicted octanol–water partition coefficient (Wildman–Crippen LogP) is 2.35. The van der Waals surface area contributed by atoms with Crippen molar-refractivity contribution < 1.29 is 4.79 Å². The molecule has 1 unspecified atom stereocenters. The van der Waals surface area contributed by atoms with Crippen molar-refractivity contribution in [1.29, 1.82) is 0 Å². The number of amides is 1. The monoisotopic (exact) mass is 339 g/mol. The van der Waals surface area contributed by atoms with Gasteiger partial charge in [0.05, 0.1) is 5.01 Å². The van der Waals surface area contributed by atoms with Crippen LogP contribution in [0.3, 0.4) is 0 Å². The minimum atomic E-state index is 0. The van der Waals surface area contributed by atoms with Crippen molar-refractivity contribution in [1.82, 2.24) is 15.6 Å². The van der Waals surface area contributed by atoms with Crippen LogP contribution in [0.2, 0.25) is 0 Å². The van der Waals surface area contributed by atoms with Gasteiger partial charge < -0.3 is 10.6 Å². The van der Waals surface area contributed by atoms with E-state index in [4.69, 9.17) is 0 Å². The van der Waals surface area contributed by atoms with Crippen molar-refractivity contribution >= 4 is 42.1 Å². The Morgan fingerprint density at radius 2 is 2.35 bits per heavy atom. The number of halogens is 2. The van der Waals surface area contributed by atoms with Gasteiger partial charge in [-0.05, 0) is 25.8 Å². The highest BCUT2D eigenvalue weighted by Gasteiger charge is 2.17. The molecule has 1 aliphatic rings. The lowest BCUT2D eigenvalue weighted by Gasteiger charge is -2.09. The van der Waals surface area contributed by atoms with Gasteiger partial charge >= 0.3 is 0 Å². The van der Waals surface area contributed by atoms with E-state index in [9.17, 15) is 4.79 Å². The zero-order valence-corrected chi connectivity index (χ0v) is 14.1. The van der Waals surface area contributed by atoms with Gasteiger partial charge in [0, 0.05) is 36.5 Å². The third-order valence-electron chi connectivity index (χ3n) is 3.21. The molecule has 0 aliphatic carbocycles. The fraction of sp³-hybridized carbons (Fsp3) is 0.692. The van der Waals surface area contributed by atoms with Gasteiger partial charge in [0.2, 0.25) is 5.91 Å². The third-order valence-corrected chi connectivity index (χ3v) is 4.41. The van der Waals surface area contributed by atoms with Crippen LogP contribution in [0.15, 0.2) is 6.20 Å². The maximum Gasteiger partial charge on any atom is 0.221 e. The van der Waals surface area contributed by atoms with Crippen LogP contribution in [0, 0.1) is 0 Å². The van der Waals surface area contributed by atoms with Gasteiger partial charge in [-0.25, -0.2) is 4.98 Å². The smallest absolute Gasteiger partial charge is 0.221 e. The van der Waals surface area contributed by atoms with Crippen LogP contribution in [0.5, 0.6) is 0 Å². The number of carbonyl (C=O) groups is 1. The van der Waals surface area contributed by atoms with Crippen LogP contribution >= 0.6 is 36.2 Å². The Kier molecular flexibility index (Phi) is 10.2. The van der Waals surface area contributed by atoms with Crippen LogP contribution < -0.4 is 10.6 Å². The SMILES string of the molecule is CCc1cnc(CCNC(=O)CC2CCCN2)s1.Cl.Cl. The molecule has 1 fully saturated rings. The van der Waals surface area contributed by atoms with Crippen LogP contribution in [0.4, 0.5) is 0 Å². The van der Waals surface area contributed by atoms with E-state index in [1.165, 1.54) is 11.3 Å². The molecular weight excluding hydrogens is 317 g/mol. The molecule has 1 atom stereocenters. The number of hydrogen-bond acceptors (Lipinski definition) is 4. The Morgan fingerprint density at radius 1 is 1.55 bits per heavy atom. The lowest BCUT2D eigenvalue weighted by Crippen LogP contribution is -2.32. The minimum absolute atomic E-state index is 0. The number of carbonyl (C=O) groups excluding carboxylic acids is 1. The topological polar surface area (TPSA) is 54.0 Å². The van der Waals surface area contributed by atoms with Gasteiger partial charge in [-0.15, -0.1) is 36.2 Å². The highest BCUT2D eigenvalue weighted by Crippen LogP contribution is 2.13. The molecule has 2 heterocycles. The van der Waals surface area contributed by atoms with Gasteiger partial charge in [-0.3, -0.25) is 4.79 Å². The van der Waals surface area contributed by atoms with E-state index < -0.39 is 0 Å². The largest absolute Gasteiger partial charge is 0.356 e. The summed E-state index contributed by atoms with van der Waals surface area (Å²) in [6.45, 7) is 3.88. The first-order valence-corrected chi connectivity index (χ1v) is 7.53. The van der Waals surface area contributed by atoms with E-state index in [1.54, 1.807) is 11.3 Å². The molecule has 0 radical (unpaired) electrons. The van der Waals surface area contributed by atoms with E-state index in [0.717, 1.165) is 30.8 Å². The second kappa shape index (κ2) is 10.4. The summed E-state index contributed by atoms with van der Waals surface area (Å²) in [5.41, 5.74) is 0. The Bertz CT molecular complexity index is 395. The number of aryl methyl sites for hydroxylation is 1. The number of aromatic nitrogens is 1. The lowest BCUT2D eigenvalue weighted by atomic mass is 10.1. The first-order valence-electron chi connectivity index (χ1n) is 6.71. The summed E-state index contributed by atoms with van der Waals surface area (Å²) in [6, 6.07) is 0.386. The zero-order chi connectivity index (χ0) is 12.8. The summed E-state index contributed by atoms with van der Waals surface area (Å²) in [7, 11) is 0. The van der Waals surface area contributed by atoms with Gasteiger partial charge in [0.1, 0.15) is 0 Å². The molecule has 1 aromatic heterocycles. The van der Waals surface area contributed by atoms with Crippen molar-refractivity contribution in [3.05, 3.63) is 16.1 Å². The van der Waals surface area contributed by atoms with E-state index in [2.05, 4.69) is 22.5 Å². The maximum atomic E-state index is 11.7. The number of rotatable bonds is 6. The highest BCUT2D eigenvalue weighted by atomic mass is 35.5. The van der Waals surface area contributed by atoms with Crippen LogP contribution in [0.25, 0.3) is 0 Å². The molecule has 0 bridgehead atoms. The normalized spacial score (nSPS) is 17.1. The minimum Gasteiger partial charge on any atom is -0.356 e. The standard InChI is InChI=1S/C13H21N3OS.2ClH/c1-2-11-9-16-13(18-11)5-7-15-12(17)8-10-4-3-6-14-10;;/h9-10,14H,2-8H2,1H3,(H,15,17);2*1H. The second-order valence-electron chi connectivity index (χ2n) is 4.67. The van der Waals surface area contributed by atoms with Crippen molar-refractivity contribution in [3.8, 4) is 0 Å². The van der Waals surface area contributed by atoms with Crippen LogP contribution in [-0.4, -0.2) is 30.0 Å². The summed E-state index contributed by atoms with van der Waals surface area (Å²) in [5, 5.41) is 7.43. The van der Waals surface area contributed by atoms with Gasteiger partial charge in [-0.2, -0.15) is 0 Å². The van der Waals surface area contributed by atoms with Crippen molar-refractivity contribution in [2.45, 2.75) is 45.1 Å². The first kappa shape index (κ1) is 19.6. The molecular formula is C13H23Cl2N3OS. The van der Waals surface area contributed by atoms with Gasteiger partial charge in [0.25, 0.3) is 0 Å². The van der Waals surface area contributed by atoms with E-state index >= 15 is 0 Å².